The summed E-state index contributed by atoms with van der Waals surface area (Å²) in [4.78, 5) is 19.3. The summed E-state index contributed by atoms with van der Waals surface area (Å²) in [7, 11) is 0. The maximum atomic E-state index is 12.8. The molecule has 0 unspecified atom stereocenters. The van der Waals surface area contributed by atoms with Gasteiger partial charge in [-0.15, -0.1) is 0 Å². The van der Waals surface area contributed by atoms with Crippen LogP contribution >= 0.6 is 0 Å². The Morgan fingerprint density at radius 2 is 2.00 bits per heavy atom. The minimum absolute atomic E-state index is 0.00629. The van der Waals surface area contributed by atoms with Crippen molar-refractivity contribution < 1.29 is 22.7 Å². The van der Waals surface area contributed by atoms with Crippen LogP contribution < -0.4 is 4.74 Å². The van der Waals surface area contributed by atoms with E-state index in [9.17, 15) is 18.0 Å². The van der Waals surface area contributed by atoms with Crippen molar-refractivity contribution in [3.05, 3.63) is 59.7 Å². The Kier molecular flexibility index (Phi) is 5.20. The number of rotatable bonds is 6. The van der Waals surface area contributed by atoms with Crippen LogP contribution in [0.2, 0.25) is 0 Å². The highest BCUT2D eigenvalue weighted by Gasteiger charge is 2.30. The van der Waals surface area contributed by atoms with Gasteiger partial charge in [-0.1, -0.05) is 6.07 Å². The van der Waals surface area contributed by atoms with Gasteiger partial charge >= 0.3 is 6.18 Å². The lowest BCUT2D eigenvalue weighted by Crippen LogP contribution is -2.19. The lowest BCUT2D eigenvalue weighted by molar-refractivity contribution is -0.142. The van der Waals surface area contributed by atoms with Gasteiger partial charge in [0, 0.05) is 23.7 Å². The maximum absolute atomic E-state index is 12.8. The quantitative estimate of drug-likeness (QED) is 0.615. The first-order valence-corrected chi connectivity index (χ1v) is 7.96. The van der Waals surface area contributed by atoms with Gasteiger partial charge in [0.15, 0.2) is 6.29 Å². The summed E-state index contributed by atoms with van der Waals surface area (Å²) in [6.45, 7) is 0.527. The fourth-order valence-electron chi connectivity index (χ4n) is 2.52. The van der Waals surface area contributed by atoms with E-state index in [0.717, 1.165) is 4.68 Å². The average Bonchev–Trinajstić information content (AvgIpc) is 3.06. The molecule has 0 aliphatic carbocycles. The van der Waals surface area contributed by atoms with Crippen LogP contribution in [0.3, 0.4) is 0 Å². The van der Waals surface area contributed by atoms with E-state index in [0.29, 0.717) is 23.2 Å². The second-order valence-corrected chi connectivity index (χ2v) is 5.74. The van der Waals surface area contributed by atoms with Crippen LogP contribution in [-0.4, -0.2) is 32.2 Å². The lowest BCUT2D eigenvalue weighted by Gasteiger charge is -2.14. The monoisotopic (exact) mass is 376 g/mol. The average molecular weight is 376 g/mol. The molecule has 6 nitrogen and oxygen atoms in total. The number of aromatic nitrogens is 4. The number of hydrogen-bond acceptors (Lipinski definition) is 5. The number of hydrogen-bond donors (Lipinski definition) is 0. The Hall–Kier alpha value is -3.23. The number of carbonyl (C=O) groups excluding carboxylic acids is 1. The van der Waals surface area contributed by atoms with E-state index in [-0.39, 0.29) is 23.7 Å². The summed E-state index contributed by atoms with van der Waals surface area (Å²) in [6, 6.07) is 8.13. The standard InChI is InChI=1S/C18H15F3N4O2/c1-12-4-5-13(10-27-16-3-2-7-22-14(16)9-26)17(24-12)15-6-8-23-25(15)11-18(19,20)21/h2-9H,10-11H2,1H3. The van der Waals surface area contributed by atoms with Crippen LogP contribution in [0.1, 0.15) is 21.7 Å². The van der Waals surface area contributed by atoms with Crippen LogP contribution in [0.5, 0.6) is 5.75 Å². The van der Waals surface area contributed by atoms with Gasteiger partial charge in [0.25, 0.3) is 0 Å². The van der Waals surface area contributed by atoms with Crippen LogP contribution in [0.4, 0.5) is 13.2 Å². The minimum Gasteiger partial charge on any atom is -0.486 e. The molecule has 3 rings (SSSR count). The molecule has 3 heterocycles. The molecule has 9 heteroatoms. The van der Waals surface area contributed by atoms with E-state index in [1.54, 1.807) is 31.2 Å². The van der Waals surface area contributed by atoms with Crippen molar-refractivity contribution in [2.75, 3.05) is 0 Å². The normalized spacial score (nSPS) is 11.4. The SMILES string of the molecule is Cc1ccc(COc2cccnc2C=O)c(-c2ccnn2CC(F)(F)F)n1. The van der Waals surface area contributed by atoms with Crippen molar-refractivity contribution in [1.29, 1.82) is 0 Å². The topological polar surface area (TPSA) is 69.9 Å². The number of ether oxygens (including phenoxy) is 1. The zero-order valence-corrected chi connectivity index (χ0v) is 14.3. The molecule has 0 aliphatic rings. The fourth-order valence-corrected chi connectivity index (χ4v) is 2.52. The van der Waals surface area contributed by atoms with Crippen molar-refractivity contribution in [3.8, 4) is 17.1 Å². The van der Waals surface area contributed by atoms with Crippen LogP contribution in [-0.2, 0) is 13.2 Å². The predicted molar refractivity (Wildman–Crippen MR) is 90.2 cm³/mol. The van der Waals surface area contributed by atoms with Gasteiger partial charge in [-0.25, -0.2) is 4.98 Å². The van der Waals surface area contributed by atoms with Gasteiger partial charge in [0.05, 0.1) is 11.4 Å². The van der Waals surface area contributed by atoms with Gasteiger partial charge in [0.1, 0.15) is 24.6 Å². The summed E-state index contributed by atoms with van der Waals surface area (Å²) in [5, 5.41) is 3.75. The van der Waals surface area contributed by atoms with Crippen molar-refractivity contribution in [1.82, 2.24) is 19.7 Å². The summed E-state index contributed by atoms with van der Waals surface area (Å²) < 4.78 is 44.9. The van der Waals surface area contributed by atoms with Crippen LogP contribution in [0.25, 0.3) is 11.4 Å². The van der Waals surface area contributed by atoms with Crippen molar-refractivity contribution in [2.24, 2.45) is 0 Å². The summed E-state index contributed by atoms with van der Waals surface area (Å²) in [5.74, 6) is 0.280. The van der Waals surface area contributed by atoms with E-state index >= 15 is 0 Å². The largest absolute Gasteiger partial charge is 0.486 e. The minimum atomic E-state index is -4.41. The summed E-state index contributed by atoms with van der Waals surface area (Å²) in [5.41, 5.74) is 1.92. The second-order valence-electron chi connectivity index (χ2n) is 5.74. The molecule has 0 N–H and O–H groups in total. The molecule has 0 aliphatic heterocycles. The molecule has 0 radical (unpaired) electrons. The summed E-state index contributed by atoms with van der Waals surface area (Å²) >= 11 is 0. The molecular weight excluding hydrogens is 361 g/mol. The first kappa shape index (κ1) is 18.6. The van der Waals surface area contributed by atoms with Crippen LogP contribution in [0.15, 0.2) is 42.7 Å². The molecule has 0 aromatic carbocycles. The number of carbonyl (C=O) groups is 1. The Bertz CT molecular complexity index is 954. The lowest BCUT2D eigenvalue weighted by atomic mass is 10.1. The van der Waals surface area contributed by atoms with Gasteiger partial charge in [-0.3, -0.25) is 14.5 Å². The third-order valence-corrected chi connectivity index (χ3v) is 3.70. The molecule has 0 atom stereocenters. The van der Waals surface area contributed by atoms with Gasteiger partial charge in [-0.05, 0) is 31.2 Å². The predicted octanol–water partition coefficient (Wildman–Crippen LogP) is 3.60. The molecule has 3 aromatic rings. The van der Waals surface area contributed by atoms with E-state index in [4.69, 9.17) is 4.74 Å². The van der Waals surface area contributed by atoms with Gasteiger partial charge in [-0.2, -0.15) is 18.3 Å². The second kappa shape index (κ2) is 7.56. The third-order valence-electron chi connectivity index (χ3n) is 3.70. The van der Waals surface area contributed by atoms with E-state index in [1.165, 1.54) is 18.5 Å². The molecule has 0 bridgehead atoms. The molecule has 0 amide bonds. The Morgan fingerprint density at radius 1 is 1.19 bits per heavy atom. The number of pyridine rings is 2. The highest BCUT2D eigenvalue weighted by Crippen LogP contribution is 2.26. The number of nitrogens with zero attached hydrogens (tertiary/aromatic N) is 4. The first-order valence-electron chi connectivity index (χ1n) is 7.96. The Morgan fingerprint density at radius 3 is 2.74 bits per heavy atom. The van der Waals surface area contributed by atoms with E-state index < -0.39 is 12.7 Å². The highest BCUT2D eigenvalue weighted by atomic mass is 19.4. The van der Waals surface area contributed by atoms with Gasteiger partial charge < -0.3 is 4.74 Å². The number of halogens is 3. The number of alkyl halides is 3. The number of aryl methyl sites for hydroxylation is 1. The van der Waals surface area contributed by atoms with Crippen molar-refractivity contribution in [2.45, 2.75) is 26.3 Å². The molecule has 0 fully saturated rings. The molecule has 0 saturated carbocycles. The molecule has 0 saturated heterocycles. The smallest absolute Gasteiger partial charge is 0.408 e. The Balaban J connectivity index is 1.93. The highest BCUT2D eigenvalue weighted by molar-refractivity contribution is 5.76. The molecule has 0 spiro atoms. The molecule has 140 valence electrons. The van der Waals surface area contributed by atoms with E-state index in [2.05, 4.69) is 15.1 Å². The zero-order chi connectivity index (χ0) is 19.4. The van der Waals surface area contributed by atoms with E-state index in [1.807, 2.05) is 0 Å². The third kappa shape index (κ3) is 4.49. The van der Waals surface area contributed by atoms with Gasteiger partial charge in [0.2, 0.25) is 0 Å². The fraction of sp³-hybridized carbons (Fsp3) is 0.222. The first-order chi connectivity index (χ1) is 12.9. The number of aldehydes is 1. The molecule has 27 heavy (non-hydrogen) atoms. The zero-order valence-electron chi connectivity index (χ0n) is 14.3. The Labute approximate surface area is 152 Å². The van der Waals surface area contributed by atoms with Crippen molar-refractivity contribution >= 4 is 6.29 Å². The molecule has 3 aromatic heterocycles. The maximum Gasteiger partial charge on any atom is 0.408 e. The van der Waals surface area contributed by atoms with Crippen molar-refractivity contribution in [3.63, 3.8) is 0 Å². The van der Waals surface area contributed by atoms with Crippen LogP contribution in [0, 0.1) is 6.92 Å². The summed E-state index contributed by atoms with van der Waals surface area (Å²) in [6.07, 6.45) is -1.08. The molecular formula is C18H15F3N4O2.